The molecule has 2 N–H and O–H groups in total. The Morgan fingerprint density at radius 1 is 0.692 bits per heavy atom. The molecule has 2 heteroatoms. The highest BCUT2D eigenvalue weighted by Gasteiger charge is 2.28. The predicted molar refractivity (Wildman–Crippen MR) is 107 cm³/mol. The minimum absolute atomic E-state index is 0.612. The van der Waals surface area contributed by atoms with Crippen LogP contribution in [-0.4, -0.2) is 16.3 Å². The molecule has 1 aliphatic carbocycles. The molecule has 6 rings (SSSR count). The molecule has 0 aliphatic heterocycles. The van der Waals surface area contributed by atoms with Gasteiger partial charge in [0.2, 0.25) is 0 Å². The van der Waals surface area contributed by atoms with Crippen molar-refractivity contribution >= 4 is 43.1 Å². The molecule has 0 radical (unpaired) electrons. The molecule has 0 saturated carbocycles. The van der Waals surface area contributed by atoms with Crippen LogP contribution in [0, 0.1) is 0 Å². The molecule has 0 saturated heterocycles. The van der Waals surface area contributed by atoms with Crippen LogP contribution in [0.15, 0.2) is 60.7 Å². The van der Waals surface area contributed by atoms with Crippen molar-refractivity contribution in [1.82, 2.24) is 0 Å². The maximum absolute atomic E-state index is 10.5. The van der Waals surface area contributed by atoms with Gasteiger partial charge in [0.25, 0.3) is 0 Å². The number of aryl methyl sites for hydroxylation is 1. The Morgan fingerprint density at radius 3 is 2.31 bits per heavy atom. The van der Waals surface area contributed by atoms with E-state index in [4.69, 9.17) is 0 Å². The summed E-state index contributed by atoms with van der Waals surface area (Å²) < 4.78 is 0. The molecule has 0 spiro atoms. The molecule has 1 aliphatic rings. The number of hydrogen-bond acceptors (Lipinski definition) is 2. The molecule has 5 aromatic rings. The molecule has 126 valence electrons. The van der Waals surface area contributed by atoms with Crippen molar-refractivity contribution in [3.05, 3.63) is 71.8 Å². The van der Waals surface area contributed by atoms with Gasteiger partial charge in [-0.25, -0.2) is 0 Å². The van der Waals surface area contributed by atoms with Crippen LogP contribution in [0.1, 0.15) is 23.7 Å². The number of aliphatic hydroxyl groups excluding tert-OH is 2. The van der Waals surface area contributed by atoms with E-state index in [1.165, 1.54) is 43.3 Å². The first-order chi connectivity index (χ1) is 12.7. The molecule has 0 bridgehead atoms. The van der Waals surface area contributed by atoms with Gasteiger partial charge in [-0.1, -0.05) is 48.5 Å². The number of hydrogen-bond donors (Lipinski definition) is 2. The van der Waals surface area contributed by atoms with Crippen LogP contribution < -0.4 is 0 Å². The van der Waals surface area contributed by atoms with Crippen molar-refractivity contribution in [3.8, 4) is 0 Å². The summed E-state index contributed by atoms with van der Waals surface area (Å²) in [4.78, 5) is 0. The second-order valence-electron chi connectivity index (χ2n) is 7.52. The molecule has 2 nitrogen and oxygen atoms in total. The minimum atomic E-state index is -0.790. The summed E-state index contributed by atoms with van der Waals surface area (Å²) in [5.41, 5.74) is 2.08. The van der Waals surface area contributed by atoms with Gasteiger partial charge < -0.3 is 10.2 Å². The number of fused-ring (bicyclic) bond motifs is 4. The van der Waals surface area contributed by atoms with Gasteiger partial charge in [0, 0.05) is 0 Å². The lowest BCUT2D eigenvalue weighted by molar-refractivity contribution is 0.00683. The minimum Gasteiger partial charge on any atom is -0.390 e. The Labute approximate surface area is 150 Å². The number of benzene rings is 5. The van der Waals surface area contributed by atoms with Gasteiger partial charge in [0.05, 0.1) is 6.10 Å². The van der Waals surface area contributed by atoms with E-state index in [0.717, 1.165) is 17.4 Å². The Balaban J connectivity index is 1.85. The van der Waals surface area contributed by atoms with E-state index >= 15 is 0 Å². The smallest absolute Gasteiger partial charge is 0.105 e. The zero-order valence-electron chi connectivity index (χ0n) is 14.2. The van der Waals surface area contributed by atoms with E-state index in [1.54, 1.807) is 0 Å². The van der Waals surface area contributed by atoms with Crippen LogP contribution in [0.4, 0.5) is 0 Å². The van der Waals surface area contributed by atoms with Gasteiger partial charge in [-0.15, -0.1) is 0 Å². The standard InChI is InChI=1S/C24H18O2/c25-21-10-9-17-19-8-7-18-16-4-2-1-3-13(16)11-14-5-6-15(23(19)22(14)18)12-20(17)24(21)26/h1-8,11-12,21,24-26H,9-10H2/t21-,24-/m0/s1. The first-order valence-electron chi connectivity index (χ1n) is 9.20. The summed E-state index contributed by atoms with van der Waals surface area (Å²) >= 11 is 0. The van der Waals surface area contributed by atoms with Crippen LogP contribution in [0.5, 0.6) is 0 Å². The Hall–Kier alpha value is -2.68. The highest BCUT2D eigenvalue weighted by atomic mass is 16.3. The maximum atomic E-state index is 10.5. The fraction of sp³-hybridized carbons (Fsp3) is 0.167. The quantitative estimate of drug-likeness (QED) is 0.305. The van der Waals surface area contributed by atoms with Gasteiger partial charge in [-0.2, -0.15) is 0 Å². The zero-order chi connectivity index (χ0) is 17.4. The second kappa shape index (κ2) is 4.94. The van der Waals surface area contributed by atoms with Crippen LogP contribution in [0.2, 0.25) is 0 Å². The molecular weight excluding hydrogens is 320 g/mol. The summed E-state index contributed by atoms with van der Waals surface area (Å²) in [5, 5.41) is 30.6. The van der Waals surface area contributed by atoms with Crippen molar-refractivity contribution in [2.45, 2.75) is 25.0 Å². The fourth-order valence-corrected chi connectivity index (χ4v) is 4.91. The molecular formula is C24H18O2. The molecule has 5 aromatic carbocycles. The zero-order valence-corrected chi connectivity index (χ0v) is 14.2. The lowest BCUT2D eigenvalue weighted by Crippen LogP contribution is -2.25. The monoisotopic (exact) mass is 338 g/mol. The second-order valence-corrected chi connectivity index (χ2v) is 7.52. The molecule has 0 fully saturated rings. The van der Waals surface area contributed by atoms with E-state index < -0.39 is 12.2 Å². The van der Waals surface area contributed by atoms with Crippen LogP contribution >= 0.6 is 0 Å². The molecule has 0 heterocycles. The highest BCUT2D eigenvalue weighted by molar-refractivity contribution is 6.29. The maximum Gasteiger partial charge on any atom is 0.105 e. The third kappa shape index (κ3) is 1.73. The third-order valence-corrected chi connectivity index (χ3v) is 6.14. The predicted octanol–water partition coefficient (Wildman–Crippen LogP) is 5.08. The van der Waals surface area contributed by atoms with E-state index in [-0.39, 0.29) is 0 Å². The lowest BCUT2D eigenvalue weighted by Gasteiger charge is -2.28. The van der Waals surface area contributed by atoms with Gasteiger partial charge in [0.15, 0.2) is 0 Å². The molecule has 0 aromatic heterocycles. The molecule has 0 amide bonds. The summed E-state index contributed by atoms with van der Waals surface area (Å²) in [6, 6.07) is 21.7. The van der Waals surface area contributed by atoms with Crippen molar-refractivity contribution < 1.29 is 10.2 Å². The van der Waals surface area contributed by atoms with Gasteiger partial charge in [-0.3, -0.25) is 0 Å². The van der Waals surface area contributed by atoms with Crippen molar-refractivity contribution in [2.24, 2.45) is 0 Å². The average molecular weight is 338 g/mol. The normalized spacial score (nSPS) is 20.4. The SMILES string of the molecule is O[C@H]1CCc2c(cc3ccc4cc5ccccc5c5ccc2c3c45)[C@@H]1O. The topological polar surface area (TPSA) is 40.5 Å². The first-order valence-corrected chi connectivity index (χ1v) is 9.20. The van der Waals surface area contributed by atoms with Crippen LogP contribution in [-0.2, 0) is 6.42 Å². The van der Waals surface area contributed by atoms with E-state index in [0.29, 0.717) is 6.42 Å². The van der Waals surface area contributed by atoms with Crippen LogP contribution in [0.25, 0.3) is 43.1 Å². The van der Waals surface area contributed by atoms with Crippen LogP contribution in [0.3, 0.4) is 0 Å². The van der Waals surface area contributed by atoms with E-state index in [1.807, 2.05) is 0 Å². The van der Waals surface area contributed by atoms with E-state index in [2.05, 4.69) is 60.7 Å². The van der Waals surface area contributed by atoms with E-state index in [9.17, 15) is 10.2 Å². The van der Waals surface area contributed by atoms with Crippen molar-refractivity contribution in [1.29, 1.82) is 0 Å². The average Bonchev–Trinajstić information content (AvgIpc) is 2.68. The molecule has 0 unspecified atom stereocenters. The molecule has 2 atom stereocenters. The Bertz CT molecular complexity index is 1320. The summed E-state index contributed by atoms with van der Waals surface area (Å²) in [5.74, 6) is 0. The first kappa shape index (κ1) is 14.5. The summed E-state index contributed by atoms with van der Waals surface area (Å²) in [7, 11) is 0. The summed E-state index contributed by atoms with van der Waals surface area (Å²) in [6.07, 6.45) is -0.0371. The van der Waals surface area contributed by atoms with Crippen molar-refractivity contribution in [2.75, 3.05) is 0 Å². The Kier molecular flexibility index (Phi) is 2.75. The Morgan fingerprint density at radius 2 is 1.42 bits per heavy atom. The van der Waals surface area contributed by atoms with Gasteiger partial charge >= 0.3 is 0 Å². The summed E-state index contributed by atoms with van der Waals surface area (Å²) in [6.45, 7) is 0. The molecule has 26 heavy (non-hydrogen) atoms. The van der Waals surface area contributed by atoms with Crippen molar-refractivity contribution in [3.63, 3.8) is 0 Å². The highest BCUT2D eigenvalue weighted by Crippen LogP contribution is 2.43. The van der Waals surface area contributed by atoms with Gasteiger partial charge in [0.1, 0.15) is 6.10 Å². The fourth-order valence-electron chi connectivity index (χ4n) is 4.91. The van der Waals surface area contributed by atoms with Gasteiger partial charge in [-0.05, 0) is 79.2 Å². The lowest BCUT2D eigenvalue weighted by atomic mass is 9.81. The number of aliphatic hydroxyl groups is 2. The number of rotatable bonds is 0. The largest absolute Gasteiger partial charge is 0.390 e. The third-order valence-electron chi connectivity index (χ3n) is 6.14.